The summed E-state index contributed by atoms with van der Waals surface area (Å²) < 4.78 is 4.87. The average molecular weight is 246 g/mol. The summed E-state index contributed by atoms with van der Waals surface area (Å²) in [7, 11) is 1.54. The van der Waals surface area contributed by atoms with Crippen LogP contribution in [0.4, 0.5) is 4.79 Å². The molecule has 0 aliphatic carbocycles. The molecule has 0 aromatic carbocycles. The number of methoxy groups -OCH3 is 1. The number of carboxylic acid groups (broad SMARTS) is 1. The van der Waals surface area contributed by atoms with Gasteiger partial charge in [-0.05, 0) is 12.8 Å². The van der Waals surface area contributed by atoms with E-state index in [1.807, 2.05) is 6.92 Å². The maximum Gasteiger partial charge on any atom is 0.326 e. The lowest BCUT2D eigenvalue weighted by molar-refractivity contribution is -0.140. The number of urea groups is 1. The van der Waals surface area contributed by atoms with Gasteiger partial charge in [-0.15, -0.1) is 0 Å². The molecule has 3 N–H and O–H groups in total. The fraction of sp³-hybridized carbons (Fsp3) is 0.818. The number of aliphatic carboxylic acids is 1. The molecule has 0 aliphatic rings. The number of nitrogens with one attached hydrogen (secondary N) is 2. The second-order valence-electron chi connectivity index (χ2n) is 4.18. The first-order valence-corrected chi connectivity index (χ1v) is 5.71. The quantitative estimate of drug-likeness (QED) is 0.620. The standard InChI is InChI=1S/C11H22N2O4/c1-5-7(2)9(10(14)15)13-11(16)12-8(3)6-17-4/h7-9H,5-6H2,1-4H3,(H,14,15)(H2,12,13,16)/t7-,8?,9-/m0/s1. The molecule has 0 bridgehead atoms. The zero-order valence-electron chi connectivity index (χ0n) is 10.8. The first kappa shape index (κ1) is 15.7. The van der Waals surface area contributed by atoms with Gasteiger partial charge in [-0.3, -0.25) is 0 Å². The smallest absolute Gasteiger partial charge is 0.326 e. The Morgan fingerprint density at radius 2 is 1.88 bits per heavy atom. The fourth-order valence-electron chi connectivity index (χ4n) is 1.38. The molecule has 0 saturated carbocycles. The van der Waals surface area contributed by atoms with Gasteiger partial charge >= 0.3 is 12.0 Å². The molecule has 0 aliphatic heterocycles. The number of hydrogen-bond acceptors (Lipinski definition) is 3. The van der Waals surface area contributed by atoms with Crippen molar-refractivity contribution in [3.8, 4) is 0 Å². The van der Waals surface area contributed by atoms with Crippen molar-refractivity contribution in [1.29, 1.82) is 0 Å². The zero-order chi connectivity index (χ0) is 13.4. The Labute approximate surface area is 102 Å². The molecule has 0 radical (unpaired) electrons. The lowest BCUT2D eigenvalue weighted by atomic mass is 9.99. The van der Waals surface area contributed by atoms with Crippen LogP contribution in [0.15, 0.2) is 0 Å². The van der Waals surface area contributed by atoms with Crippen molar-refractivity contribution >= 4 is 12.0 Å². The molecule has 0 saturated heterocycles. The number of ether oxygens (including phenoxy) is 1. The highest BCUT2D eigenvalue weighted by Gasteiger charge is 2.25. The van der Waals surface area contributed by atoms with Gasteiger partial charge in [0.05, 0.1) is 12.6 Å². The van der Waals surface area contributed by atoms with Crippen molar-refractivity contribution in [1.82, 2.24) is 10.6 Å². The van der Waals surface area contributed by atoms with Gasteiger partial charge < -0.3 is 20.5 Å². The van der Waals surface area contributed by atoms with Gasteiger partial charge in [-0.2, -0.15) is 0 Å². The van der Waals surface area contributed by atoms with Crippen molar-refractivity contribution in [2.75, 3.05) is 13.7 Å². The van der Waals surface area contributed by atoms with Crippen LogP contribution in [0.25, 0.3) is 0 Å². The normalized spacial score (nSPS) is 15.8. The largest absolute Gasteiger partial charge is 0.480 e. The van der Waals surface area contributed by atoms with Crippen LogP contribution in [0.3, 0.4) is 0 Å². The van der Waals surface area contributed by atoms with Crippen molar-refractivity contribution in [2.45, 2.75) is 39.3 Å². The molecule has 6 nitrogen and oxygen atoms in total. The highest BCUT2D eigenvalue weighted by molar-refractivity contribution is 5.82. The second-order valence-corrected chi connectivity index (χ2v) is 4.18. The maximum absolute atomic E-state index is 11.5. The minimum atomic E-state index is -1.02. The molecule has 0 aromatic heterocycles. The van der Waals surface area contributed by atoms with Crippen LogP contribution < -0.4 is 10.6 Å². The van der Waals surface area contributed by atoms with Gasteiger partial charge in [-0.1, -0.05) is 20.3 Å². The van der Waals surface area contributed by atoms with Crippen LogP contribution in [-0.2, 0) is 9.53 Å². The van der Waals surface area contributed by atoms with Gasteiger partial charge in [0.15, 0.2) is 0 Å². The Morgan fingerprint density at radius 1 is 1.29 bits per heavy atom. The summed E-state index contributed by atoms with van der Waals surface area (Å²) >= 11 is 0. The van der Waals surface area contributed by atoms with Crippen LogP contribution in [0.2, 0.25) is 0 Å². The monoisotopic (exact) mass is 246 g/mol. The third-order valence-corrected chi connectivity index (χ3v) is 2.56. The minimum absolute atomic E-state index is 0.115. The molecule has 0 heterocycles. The molecular weight excluding hydrogens is 224 g/mol. The van der Waals surface area contributed by atoms with Crippen LogP contribution in [-0.4, -0.2) is 42.9 Å². The highest BCUT2D eigenvalue weighted by atomic mass is 16.5. The number of carbonyl (C=O) groups is 2. The molecule has 0 aromatic rings. The van der Waals surface area contributed by atoms with E-state index in [1.165, 1.54) is 7.11 Å². The van der Waals surface area contributed by atoms with E-state index in [0.29, 0.717) is 13.0 Å². The summed E-state index contributed by atoms with van der Waals surface area (Å²) in [5, 5.41) is 14.1. The third-order valence-electron chi connectivity index (χ3n) is 2.56. The van der Waals surface area contributed by atoms with Gasteiger partial charge in [0.25, 0.3) is 0 Å². The predicted octanol–water partition coefficient (Wildman–Crippen LogP) is 0.820. The van der Waals surface area contributed by atoms with Crippen LogP contribution in [0.5, 0.6) is 0 Å². The number of rotatable bonds is 7. The number of hydrogen-bond donors (Lipinski definition) is 3. The second kappa shape index (κ2) is 7.89. The Balaban J connectivity index is 4.27. The van der Waals surface area contributed by atoms with E-state index >= 15 is 0 Å². The van der Waals surface area contributed by atoms with E-state index in [0.717, 1.165) is 0 Å². The lowest BCUT2D eigenvalue weighted by Gasteiger charge is -2.21. The molecule has 3 atom stereocenters. The minimum Gasteiger partial charge on any atom is -0.480 e. The predicted molar refractivity (Wildman–Crippen MR) is 63.9 cm³/mol. The Hall–Kier alpha value is -1.30. The maximum atomic E-state index is 11.5. The summed E-state index contributed by atoms with van der Waals surface area (Å²) in [4.78, 5) is 22.5. The molecule has 1 unspecified atom stereocenters. The van der Waals surface area contributed by atoms with E-state index in [1.54, 1.807) is 13.8 Å². The fourth-order valence-corrected chi connectivity index (χ4v) is 1.38. The lowest BCUT2D eigenvalue weighted by Crippen LogP contribution is -2.51. The Bertz CT molecular complexity index is 258. The molecular formula is C11H22N2O4. The molecule has 0 spiro atoms. The summed E-state index contributed by atoms with van der Waals surface area (Å²) in [6.45, 7) is 5.84. The topological polar surface area (TPSA) is 87.7 Å². The van der Waals surface area contributed by atoms with Crippen molar-refractivity contribution in [3.63, 3.8) is 0 Å². The summed E-state index contributed by atoms with van der Waals surface area (Å²) in [6.07, 6.45) is 0.685. The van der Waals surface area contributed by atoms with Crippen LogP contribution in [0, 0.1) is 5.92 Å². The third kappa shape index (κ3) is 6.11. The van der Waals surface area contributed by atoms with E-state index < -0.39 is 18.0 Å². The van der Waals surface area contributed by atoms with Crippen LogP contribution >= 0.6 is 0 Å². The molecule has 0 fully saturated rings. The molecule has 100 valence electrons. The van der Waals surface area contributed by atoms with E-state index in [2.05, 4.69) is 10.6 Å². The van der Waals surface area contributed by atoms with Crippen molar-refractivity contribution in [3.05, 3.63) is 0 Å². The average Bonchev–Trinajstić information content (AvgIpc) is 2.24. The van der Waals surface area contributed by atoms with Crippen LogP contribution in [0.1, 0.15) is 27.2 Å². The van der Waals surface area contributed by atoms with Gasteiger partial charge in [0, 0.05) is 7.11 Å². The molecule has 6 heteroatoms. The van der Waals surface area contributed by atoms with E-state index in [-0.39, 0.29) is 12.0 Å². The van der Waals surface area contributed by atoms with E-state index in [9.17, 15) is 9.59 Å². The highest BCUT2D eigenvalue weighted by Crippen LogP contribution is 2.07. The summed E-state index contributed by atoms with van der Waals surface area (Å²) in [6, 6.07) is -1.51. The van der Waals surface area contributed by atoms with Crippen molar-refractivity contribution < 1.29 is 19.4 Å². The van der Waals surface area contributed by atoms with Gasteiger partial charge in [0.1, 0.15) is 6.04 Å². The first-order valence-electron chi connectivity index (χ1n) is 5.71. The first-order chi connectivity index (χ1) is 7.92. The zero-order valence-corrected chi connectivity index (χ0v) is 10.8. The number of carbonyl (C=O) groups excluding carboxylic acids is 1. The molecule has 0 rings (SSSR count). The summed E-state index contributed by atoms with van der Waals surface area (Å²) in [5.41, 5.74) is 0. The van der Waals surface area contributed by atoms with Gasteiger partial charge in [0.2, 0.25) is 0 Å². The molecule has 17 heavy (non-hydrogen) atoms. The Morgan fingerprint density at radius 3 is 2.29 bits per heavy atom. The number of carboxylic acids is 1. The van der Waals surface area contributed by atoms with Gasteiger partial charge in [-0.25, -0.2) is 9.59 Å². The number of amides is 2. The summed E-state index contributed by atoms with van der Waals surface area (Å²) in [5.74, 6) is -1.13. The molecule has 2 amide bonds. The Kier molecular flexibility index (Phi) is 7.29. The van der Waals surface area contributed by atoms with E-state index in [4.69, 9.17) is 9.84 Å². The SMILES string of the molecule is CC[C@H](C)[C@H](NC(=O)NC(C)COC)C(=O)O. The van der Waals surface area contributed by atoms with Crippen molar-refractivity contribution in [2.24, 2.45) is 5.92 Å².